The van der Waals surface area contributed by atoms with Crippen LogP contribution in [-0.4, -0.2) is 28.9 Å². The number of anilines is 1. The van der Waals surface area contributed by atoms with Gasteiger partial charge in [0, 0.05) is 27.8 Å². The highest BCUT2D eigenvalue weighted by atomic mass is 35.5. The molecule has 0 unspecified atom stereocenters. The average Bonchev–Trinajstić information content (AvgIpc) is 2.40. The topological polar surface area (TPSA) is 70.2 Å². The van der Waals surface area contributed by atoms with Gasteiger partial charge in [-0.05, 0) is 65.2 Å². The van der Waals surface area contributed by atoms with E-state index in [0.29, 0.717) is 10.7 Å². The minimum Gasteiger partial charge on any atom is -0.345 e. The second kappa shape index (κ2) is 6.73. The normalized spacial score (nSPS) is 19.6. The summed E-state index contributed by atoms with van der Waals surface area (Å²) in [7, 11) is 0. The lowest BCUT2D eigenvalue weighted by atomic mass is 9.79. The Kier molecular flexibility index (Phi) is 5.25. The standard InChI is InChI=1S/C18H26ClN3O2/c1-11-13(19)7-6-8-14(11)21-16(24)15(23)20-12-9-17(2,3)22-18(4,5)10-12/h6-8,12,22H,9-10H2,1-5H3,(H,20,23)(H,21,24). The predicted octanol–water partition coefficient (Wildman–Crippen LogP) is 3.01. The van der Waals surface area contributed by atoms with E-state index < -0.39 is 11.8 Å². The Morgan fingerprint density at radius 3 is 2.29 bits per heavy atom. The fourth-order valence-corrected chi connectivity index (χ4v) is 3.77. The molecule has 0 aliphatic carbocycles. The van der Waals surface area contributed by atoms with E-state index in [2.05, 4.69) is 43.6 Å². The van der Waals surface area contributed by atoms with Gasteiger partial charge in [0.2, 0.25) is 0 Å². The number of hydrogen-bond acceptors (Lipinski definition) is 3. The van der Waals surface area contributed by atoms with Crippen LogP contribution in [0, 0.1) is 6.92 Å². The molecule has 1 saturated heterocycles. The molecule has 0 saturated carbocycles. The lowest BCUT2D eigenvalue weighted by Gasteiger charge is -2.46. The van der Waals surface area contributed by atoms with Gasteiger partial charge in [-0.1, -0.05) is 17.7 Å². The van der Waals surface area contributed by atoms with E-state index in [-0.39, 0.29) is 17.1 Å². The summed E-state index contributed by atoms with van der Waals surface area (Å²) in [6.45, 7) is 10.2. The first kappa shape index (κ1) is 18.7. The van der Waals surface area contributed by atoms with Gasteiger partial charge in [0.1, 0.15) is 0 Å². The quantitative estimate of drug-likeness (QED) is 0.717. The molecule has 1 fully saturated rings. The van der Waals surface area contributed by atoms with E-state index in [0.717, 1.165) is 18.4 Å². The molecule has 24 heavy (non-hydrogen) atoms. The Balaban J connectivity index is 2.01. The van der Waals surface area contributed by atoms with Crippen molar-refractivity contribution in [1.82, 2.24) is 10.6 Å². The van der Waals surface area contributed by atoms with E-state index in [1.54, 1.807) is 25.1 Å². The zero-order valence-corrected chi connectivity index (χ0v) is 15.7. The van der Waals surface area contributed by atoms with Crippen molar-refractivity contribution < 1.29 is 9.59 Å². The van der Waals surface area contributed by atoms with Gasteiger partial charge in [-0.3, -0.25) is 9.59 Å². The van der Waals surface area contributed by atoms with Crippen molar-refractivity contribution in [2.75, 3.05) is 5.32 Å². The number of halogens is 1. The van der Waals surface area contributed by atoms with Crippen molar-refractivity contribution in [3.63, 3.8) is 0 Å². The molecule has 0 radical (unpaired) electrons. The van der Waals surface area contributed by atoms with Crippen LogP contribution < -0.4 is 16.0 Å². The van der Waals surface area contributed by atoms with Crippen LogP contribution in [0.1, 0.15) is 46.1 Å². The van der Waals surface area contributed by atoms with Crippen LogP contribution in [0.25, 0.3) is 0 Å². The zero-order chi connectivity index (χ0) is 18.1. The molecular formula is C18H26ClN3O2. The third kappa shape index (κ3) is 4.71. The minimum absolute atomic E-state index is 0.0463. The van der Waals surface area contributed by atoms with Crippen LogP contribution in [0.5, 0.6) is 0 Å². The van der Waals surface area contributed by atoms with Crippen LogP contribution in [0.2, 0.25) is 5.02 Å². The number of carbonyl (C=O) groups is 2. The van der Waals surface area contributed by atoms with Crippen LogP contribution in [0.15, 0.2) is 18.2 Å². The molecular weight excluding hydrogens is 326 g/mol. The van der Waals surface area contributed by atoms with Crippen molar-refractivity contribution in [3.05, 3.63) is 28.8 Å². The second-order valence-corrected chi connectivity index (χ2v) is 8.25. The lowest BCUT2D eigenvalue weighted by Crippen LogP contribution is -2.62. The molecule has 1 aliphatic rings. The number of benzene rings is 1. The molecule has 0 spiro atoms. The van der Waals surface area contributed by atoms with E-state index in [9.17, 15) is 9.59 Å². The molecule has 1 aromatic carbocycles. The van der Waals surface area contributed by atoms with Gasteiger partial charge in [-0.2, -0.15) is 0 Å². The molecule has 1 aliphatic heterocycles. The van der Waals surface area contributed by atoms with Crippen molar-refractivity contribution in [2.45, 2.75) is 64.6 Å². The summed E-state index contributed by atoms with van der Waals surface area (Å²) in [5.41, 5.74) is 1.09. The van der Waals surface area contributed by atoms with Crippen LogP contribution >= 0.6 is 11.6 Å². The van der Waals surface area contributed by atoms with Crippen molar-refractivity contribution in [3.8, 4) is 0 Å². The third-order valence-electron chi connectivity index (χ3n) is 4.25. The minimum atomic E-state index is -0.672. The maximum Gasteiger partial charge on any atom is 0.313 e. The summed E-state index contributed by atoms with van der Waals surface area (Å²) in [6.07, 6.45) is 1.54. The second-order valence-electron chi connectivity index (χ2n) is 7.84. The van der Waals surface area contributed by atoms with Crippen LogP contribution in [0.4, 0.5) is 5.69 Å². The number of carbonyl (C=O) groups excluding carboxylic acids is 2. The highest BCUT2D eigenvalue weighted by Gasteiger charge is 2.38. The van der Waals surface area contributed by atoms with Crippen molar-refractivity contribution in [2.24, 2.45) is 0 Å². The molecule has 2 amide bonds. The van der Waals surface area contributed by atoms with Gasteiger partial charge in [-0.25, -0.2) is 0 Å². The molecule has 3 N–H and O–H groups in total. The molecule has 1 aromatic rings. The summed E-state index contributed by atoms with van der Waals surface area (Å²) in [5.74, 6) is -1.29. The van der Waals surface area contributed by atoms with Gasteiger partial charge in [0.05, 0.1) is 0 Å². The summed E-state index contributed by atoms with van der Waals surface area (Å²) < 4.78 is 0. The number of hydrogen-bond donors (Lipinski definition) is 3. The Morgan fingerprint density at radius 2 is 1.71 bits per heavy atom. The van der Waals surface area contributed by atoms with Gasteiger partial charge in [0.25, 0.3) is 0 Å². The Hall–Kier alpha value is -1.59. The highest BCUT2D eigenvalue weighted by molar-refractivity contribution is 6.40. The monoisotopic (exact) mass is 351 g/mol. The van der Waals surface area contributed by atoms with E-state index >= 15 is 0 Å². The number of amides is 2. The first-order chi connectivity index (χ1) is 11.0. The van der Waals surface area contributed by atoms with Gasteiger partial charge >= 0.3 is 11.8 Å². The maximum absolute atomic E-state index is 12.3. The molecule has 132 valence electrons. The molecule has 5 nitrogen and oxygen atoms in total. The third-order valence-corrected chi connectivity index (χ3v) is 4.66. The fraction of sp³-hybridized carbons (Fsp3) is 0.556. The Morgan fingerprint density at radius 1 is 1.12 bits per heavy atom. The Bertz CT molecular complexity index is 640. The molecule has 0 aromatic heterocycles. The zero-order valence-electron chi connectivity index (χ0n) is 14.9. The Labute approximate surface area is 148 Å². The molecule has 0 atom stereocenters. The first-order valence-corrected chi connectivity index (χ1v) is 8.53. The fourth-order valence-electron chi connectivity index (χ4n) is 3.60. The summed E-state index contributed by atoms with van der Waals surface area (Å²) in [4.78, 5) is 24.4. The summed E-state index contributed by atoms with van der Waals surface area (Å²) >= 11 is 6.04. The number of piperidine rings is 1. The summed E-state index contributed by atoms with van der Waals surface area (Å²) in [6, 6.07) is 5.16. The average molecular weight is 352 g/mol. The highest BCUT2D eigenvalue weighted by Crippen LogP contribution is 2.28. The lowest BCUT2D eigenvalue weighted by molar-refractivity contribution is -0.137. The van der Waals surface area contributed by atoms with Gasteiger partial charge in [0.15, 0.2) is 0 Å². The van der Waals surface area contributed by atoms with Crippen molar-refractivity contribution in [1.29, 1.82) is 0 Å². The van der Waals surface area contributed by atoms with Crippen LogP contribution in [-0.2, 0) is 9.59 Å². The van der Waals surface area contributed by atoms with Gasteiger partial charge < -0.3 is 16.0 Å². The first-order valence-electron chi connectivity index (χ1n) is 8.15. The largest absolute Gasteiger partial charge is 0.345 e. The number of rotatable bonds is 2. The van der Waals surface area contributed by atoms with Crippen molar-refractivity contribution >= 4 is 29.1 Å². The van der Waals surface area contributed by atoms with E-state index in [4.69, 9.17) is 11.6 Å². The summed E-state index contributed by atoms with van der Waals surface area (Å²) in [5, 5.41) is 9.59. The molecule has 2 rings (SSSR count). The molecule has 0 bridgehead atoms. The SMILES string of the molecule is Cc1c(Cl)cccc1NC(=O)C(=O)NC1CC(C)(C)NC(C)(C)C1. The number of nitrogens with one attached hydrogen (secondary N) is 3. The maximum atomic E-state index is 12.3. The van der Waals surface area contributed by atoms with Gasteiger partial charge in [-0.15, -0.1) is 0 Å². The van der Waals surface area contributed by atoms with Crippen LogP contribution in [0.3, 0.4) is 0 Å². The smallest absolute Gasteiger partial charge is 0.313 e. The molecule has 1 heterocycles. The molecule has 6 heteroatoms. The predicted molar refractivity (Wildman–Crippen MR) is 97.3 cm³/mol. The van der Waals surface area contributed by atoms with E-state index in [1.807, 2.05) is 0 Å². The van der Waals surface area contributed by atoms with E-state index in [1.165, 1.54) is 0 Å².